The lowest BCUT2D eigenvalue weighted by atomic mass is 9.61. The van der Waals surface area contributed by atoms with Crippen molar-refractivity contribution in [3.63, 3.8) is 0 Å². The molecule has 0 bridgehead atoms. The molecule has 1 aromatic carbocycles. The van der Waals surface area contributed by atoms with Crippen molar-refractivity contribution in [1.82, 2.24) is 0 Å². The highest BCUT2D eigenvalue weighted by Crippen LogP contribution is 2.47. The van der Waals surface area contributed by atoms with E-state index >= 15 is 0 Å². The molecule has 0 spiro atoms. The maximum Gasteiger partial charge on any atom is 0.269 e. The first-order chi connectivity index (χ1) is 9.92. The van der Waals surface area contributed by atoms with Crippen molar-refractivity contribution >= 4 is 11.4 Å². The van der Waals surface area contributed by atoms with Gasteiger partial charge in [-0.25, -0.2) is 0 Å². The van der Waals surface area contributed by atoms with Crippen molar-refractivity contribution in [2.45, 2.75) is 52.7 Å². The summed E-state index contributed by atoms with van der Waals surface area (Å²) < 4.78 is 5.80. The van der Waals surface area contributed by atoms with Gasteiger partial charge in [0.2, 0.25) is 0 Å². The number of non-ortho nitro benzene ring substituents is 1. The molecular formula is C16H24N2O3. The molecule has 1 saturated carbocycles. The Kier molecular flexibility index (Phi) is 4.52. The summed E-state index contributed by atoms with van der Waals surface area (Å²) in [6, 6.07) is 5.32. The van der Waals surface area contributed by atoms with Crippen molar-refractivity contribution in [2.75, 3.05) is 11.9 Å². The first-order valence-electron chi connectivity index (χ1n) is 7.55. The third-order valence-electron chi connectivity index (χ3n) is 4.86. The molecule has 0 saturated heterocycles. The minimum absolute atomic E-state index is 0.115. The molecule has 0 radical (unpaired) electrons. The molecule has 2 rings (SSSR count). The average Bonchev–Trinajstić information content (AvgIpc) is 2.46. The van der Waals surface area contributed by atoms with Gasteiger partial charge in [0, 0.05) is 35.9 Å². The summed E-state index contributed by atoms with van der Waals surface area (Å²) >= 11 is 0. The molecule has 5 nitrogen and oxygen atoms in total. The van der Waals surface area contributed by atoms with Crippen molar-refractivity contribution in [3.8, 4) is 0 Å². The Morgan fingerprint density at radius 2 is 2.19 bits per heavy atom. The summed E-state index contributed by atoms with van der Waals surface area (Å²) in [7, 11) is 0. The summed E-state index contributed by atoms with van der Waals surface area (Å²) in [4.78, 5) is 10.4. The Morgan fingerprint density at radius 3 is 2.71 bits per heavy atom. The molecule has 3 atom stereocenters. The number of hydrogen-bond donors (Lipinski definition) is 1. The highest BCUT2D eigenvalue weighted by Gasteiger charge is 2.51. The zero-order valence-electron chi connectivity index (χ0n) is 13.2. The number of hydrogen-bond acceptors (Lipinski definition) is 4. The topological polar surface area (TPSA) is 64.4 Å². The fraction of sp³-hybridized carbons (Fsp3) is 0.625. The highest BCUT2D eigenvalue weighted by molar-refractivity contribution is 5.56. The van der Waals surface area contributed by atoms with Gasteiger partial charge in [-0.3, -0.25) is 10.1 Å². The third kappa shape index (κ3) is 2.88. The van der Waals surface area contributed by atoms with Gasteiger partial charge in [0.25, 0.3) is 5.69 Å². The van der Waals surface area contributed by atoms with Gasteiger partial charge in [-0.2, -0.15) is 0 Å². The largest absolute Gasteiger partial charge is 0.381 e. The van der Waals surface area contributed by atoms with E-state index in [1.807, 2.05) is 13.8 Å². The summed E-state index contributed by atoms with van der Waals surface area (Å²) in [5.41, 5.74) is 2.13. The van der Waals surface area contributed by atoms with E-state index in [0.29, 0.717) is 12.1 Å². The molecule has 1 aliphatic carbocycles. The van der Waals surface area contributed by atoms with Gasteiger partial charge in [0.05, 0.1) is 11.0 Å². The molecule has 1 N–H and O–H groups in total. The summed E-state index contributed by atoms with van der Waals surface area (Å²) in [5, 5.41) is 14.3. The Morgan fingerprint density at radius 1 is 1.48 bits per heavy atom. The number of rotatable bonds is 6. The van der Waals surface area contributed by atoms with Crippen molar-refractivity contribution in [2.24, 2.45) is 5.41 Å². The minimum atomic E-state index is -0.360. The molecule has 1 fully saturated rings. The Bertz CT molecular complexity index is 532. The minimum Gasteiger partial charge on any atom is -0.381 e. The lowest BCUT2D eigenvalue weighted by Gasteiger charge is -2.54. The zero-order chi connectivity index (χ0) is 15.6. The first kappa shape index (κ1) is 15.8. The van der Waals surface area contributed by atoms with E-state index in [0.717, 1.165) is 30.7 Å². The van der Waals surface area contributed by atoms with Crippen LogP contribution in [-0.4, -0.2) is 23.7 Å². The van der Waals surface area contributed by atoms with Crippen LogP contribution in [0.15, 0.2) is 18.2 Å². The number of anilines is 1. The molecule has 21 heavy (non-hydrogen) atoms. The SMILES string of the molecule is CCOC1CC(Nc2ccc([N+](=O)[O-])cc2C)C1(C)CC. The fourth-order valence-electron chi connectivity index (χ4n) is 3.08. The molecule has 116 valence electrons. The number of nitrogens with zero attached hydrogens (tertiary/aromatic N) is 1. The third-order valence-corrected chi connectivity index (χ3v) is 4.86. The van der Waals surface area contributed by atoms with Crippen LogP contribution in [0, 0.1) is 22.5 Å². The van der Waals surface area contributed by atoms with Crippen LogP contribution in [0.5, 0.6) is 0 Å². The second kappa shape index (κ2) is 6.02. The van der Waals surface area contributed by atoms with Crippen LogP contribution >= 0.6 is 0 Å². The number of nitro benzene ring substituents is 1. The average molecular weight is 292 g/mol. The van der Waals surface area contributed by atoms with Crippen LogP contribution in [-0.2, 0) is 4.74 Å². The number of nitro groups is 1. The van der Waals surface area contributed by atoms with Crippen LogP contribution in [0.1, 0.15) is 39.2 Å². The van der Waals surface area contributed by atoms with Gasteiger partial charge in [-0.1, -0.05) is 13.8 Å². The molecular weight excluding hydrogens is 268 g/mol. The number of ether oxygens (including phenoxy) is 1. The molecule has 0 aromatic heterocycles. The van der Waals surface area contributed by atoms with Crippen LogP contribution < -0.4 is 5.32 Å². The van der Waals surface area contributed by atoms with Crippen molar-refractivity contribution in [1.29, 1.82) is 0 Å². The van der Waals surface area contributed by atoms with Gasteiger partial charge < -0.3 is 10.1 Å². The van der Waals surface area contributed by atoms with Crippen LogP contribution in [0.25, 0.3) is 0 Å². The molecule has 5 heteroatoms. The maximum atomic E-state index is 10.8. The maximum absolute atomic E-state index is 10.8. The van der Waals surface area contributed by atoms with Gasteiger partial charge >= 0.3 is 0 Å². The van der Waals surface area contributed by atoms with Gasteiger partial charge in [-0.15, -0.1) is 0 Å². The summed E-state index contributed by atoms with van der Waals surface area (Å²) in [5.74, 6) is 0. The van der Waals surface area contributed by atoms with E-state index in [1.165, 1.54) is 0 Å². The molecule has 1 aromatic rings. The van der Waals surface area contributed by atoms with E-state index < -0.39 is 0 Å². The van der Waals surface area contributed by atoms with E-state index in [-0.39, 0.29) is 16.0 Å². The lowest BCUT2D eigenvalue weighted by molar-refractivity contribution is -0.384. The normalized spacial score (nSPS) is 28.0. The summed E-state index contributed by atoms with van der Waals surface area (Å²) in [6.45, 7) is 9.09. The smallest absolute Gasteiger partial charge is 0.269 e. The monoisotopic (exact) mass is 292 g/mol. The number of benzene rings is 1. The Hall–Kier alpha value is -1.62. The van der Waals surface area contributed by atoms with Gasteiger partial charge in [0.15, 0.2) is 0 Å². The van der Waals surface area contributed by atoms with Crippen LogP contribution in [0.4, 0.5) is 11.4 Å². The van der Waals surface area contributed by atoms with Crippen LogP contribution in [0.2, 0.25) is 0 Å². The second-order valence-electron chi connectivity index (χ2n) is 5.99. The first-order valence-corrected chi connectivity index (χ1v) is 7.55. The number of nitrogens with one attached hydrogen (secondary N) is 1. The van der Waals surface area contributed by atoms with Gasteiger partial charge in [-0.05, 0) is 38.3 Å². The van der Waals surface area contributed by atoms with Gasteiger partial charge in [0.1, 0.15) is 0 Å². The quantitative estimate of drug-likeness (QED) is 0.637. The molecule has 3 unspecified atom stereocenters. The predicted octanol–water partition coefficient (Wildman–Crippen LogP) is 3.91. The highest BCUT2D eigenvalue weighted by atomic mass is 16.6. The Labute approximate surface area is 125 Å². The fourth-order valence-corrected chi connectivity index (χ4v) is 3.08. The summed E-state index contributed by atoms with van der Waals surface area (Å²) in [6.07, 6.45) is 2.32. The van der Waals surface area contributed by atoms with E-state index in [9.17, 15) is 10.1 Å². The zero-order valence-corrected chi connectivity index (χ0v) is 13.2. The standard InChI is InChI=1S/C16H24N2O3/c1-5-16(4)14(10-15(16)21-6-2)17-13-8-7-12(18(19)20)9-11(13)3/h7-9,14-15,17H,5-6,10H2,1-4H3. The predicted molar refractivity (Wildman–Crippen MR) is 83.7 cm³/mol. The Balaban J connectivity index is 2.11. The lowest BCUT2D eigenvalue weighted by Crippen LogP contribution is -2.59. The van der Waals surface area contributed by atoms with E-state index in [1.54, 1.807) is 18.2 Å². The van der Waals surface area contributed by atoms with Crippen molar-refractivity contribution < 1.29 is 9.66 Å². The molecule has 0 heterocycles. The molecule has 0 amide bonds. The molecule has 1 aliphatic rings. The number of aryl methyl sites for hydroxylation is 1. The second-order valence-corrected chi connectivity index (χ2v) is 5.99. The van der Waals surface area contributed by atoms with Crippen molar-refractivity contribution in [3.05, 3.63) is 33.9 Å². The van der Waals surface area contributed by atoms with E-state index in [4.69, 9.17) is 4.74 Å². The van der Waals surface area contributed by atoms with Crippen LogP contribution in [0.3, 0.4) is 0 Å². The molecule has 0 aliphatic heterocycles. The van der Waals surface area contributed by atoms with E-state index in [2.05, 4.69) is 19.2 Å².